The lowest BCUT2D eigenvalue weighted by molar-refractivity contribution is -0.119. The molecule has 1 aromatic heterocycles. The summed E-state index contributed by atoms with van der Waals surface area (Å²) >= 11 is 1.42. The van der Waals surface area contributed by atoms with Gasteiger partial charge in [-0.1, -0.05) is 6.07 Å². The Morgan fingerprint density at radius 1 is 1.10 bits per heavy atom. The van der Waals surface area contributed by atoms with Gasteiger partial charge in [-0.05, 0) is 62.0 Å². The average Bonchev–Trinajstić information content (AvgIpc) is 3.42. The van der Waals surface area contributed by atoms with Crippen molar-refractivity contribution in [1.29, 1.82) is 0 Å². The van der Waals surface area contributed by atoms with Crippen LogP contribution in [0.25, 0.3) is 0 Å². The number of hydrogen-bond acceptors (Lipinski definition) is 5. The maximum absolute atomic E-state index is 13.0. The van der Waals surface area contributed by atoms with Crippen LogP contribution in [0.4, 0.5) is 11.4 Å². The van der Waals surface area contributed by atoms with E-state index in [1.165, 1.54) is 17.0 Å². The van der Waals surface area contributed by atoms with Gasteiger partial charge in [0.1, 0.15) is 6.04 Å². The quantitative estimate of drug-likeness (QED) is 0.839. The van der Waals surface area contributed by atoms with Crippen molar-refractivity contribution in [2.45, 2.75) is 25.8 Å². The Morgan fingerprint density at radius 2 is 1.90 bits per heavy atom. The highest BCUT2D eigenvalue weighted by molar-refractivity contribution is 7.12. The summed E-state index contributed by atoms with van der Waals surface area (Å²) in [5.74, 6) is -0.136. The summed E-state index contributed by atoms with van der Waals surface area (Å²) in [6.45, 7) is 6.82. The molecular weight excluding hydrogens is 384 g/mol. The van der Waals surface area contributed by atoms with Crippen LogP contribution in [0.2, 0.25) is 0 Å². The van der Waals surface area contributed by atoms with Gasteiger partial charge in [-0.25, -0.2) is 0 Å². The number of piperazine rings is 1. The van der Waals surface area contributed by atoms with Gasteiger partial charge in [-0.2, -0.15) is 0 Å². The molecule has 2 aliphatic heterocycles. The minimum Gasteiger partial charge on any atom is -0.369 e. The first-order valence-corrected chi connectivity index (χ1v) is 11.1. The molecule has 0 bridgehead atoms. The smallest absolute Gasteiger partial charge is 0.264 e. The van der Waals surface area contributed by atoms with Crippen LogP contribution in [0.5, 0.6) is 0 Å². The van der Waals surface area contributed by atoms with Crippen molar-refractivity contribution < 1.29 is 9.59 Å². The Hall–Kier alpha value is -2.38. The van der Waals surface area contributed by atoms with E-state index in [9.17, 15) is 9.59 Å². The van der Waals surface area contributed by atoms with Gasteiger partial charge in [0, 0.05) is 44.1 Å². The third-order valence-electron chi connectivity index (χ3n) is 5.88. The van der Waals surface area contributed by atoms with Crippen LogP contribution in [0, 0.1) is 6.92 Å². The van der Waals surface area contributed by atoms with E-state index in [4.69, 9.17) is 0 Å². The molecule has 4 rings (SSSR count). The summed E-state index contributed by atoms with van der Waals surface area (Å²) in [6, 6.07) is 9.50. The molecule has 6 nitrogen and oxygen atoms in total. The number of rotatable bonds is 4. The number of anilines is 2. The summed E-state index contributed by atoms with van der Waals surface area (Å²) in [6.07, 6.45) is 1.57. The zero-order chi connectivity index (χ0) is 20.4. The molecule has 2 saturated heterocycles. The fourth-order valence-electron chi connectivity index (χ4n) is 4.09. The van der Waals surface area contributed by atoms with Crippen LogP contribution >= 0.6 is 11.3 Å². The standard InChI is InChI=1S/C22H28N4O2S/c1-16-15-17(25-12-10-24(2)11-13-25)7-8-18(16)23-21(27)19-5-3-9-26(19)22(28)20-6-4-14-29-20/h4,6-8,14-15,19H,3,5,9-13H2,1-2H3,(H,23,27)/t19-/m1/s1. The van der Waals surface area contributed by atoms with Crippen LogP contribution in [0.15, 0.2) is 35.7 Å². The van der Waals surface area contributed by atoms with Gasteiger partial charge in [-0.15, -0.1) is 11.3 Å². The Morgan fingerprint density at radius 3 is 2.59 bits per heavy atom. The van der Waals surface area contributed by atoms with Gasteiger partial charge >= 0.3 is 0 Å². The van der Waals surface area contributed by atoms with E-state index in [-0.39, 0.29) is 11.8 Å². The predicted molar refractivity (Wildman–Crippen MR) is 118 cm³/mol. The number of amides is 2. The van der Waals surface area contributed by atoms with Crippen molar-refractivity contribution in [1.82, 2.24) is 9.80 Å². The molecule has 1 atom stereocenters. The number of carbonyl (C=O) groups is 2. The van der Waals surface area contributed by atoms with Gasteiger partial charge in [0.05, 0.1) is 4.88 Å². The Bertz CT molecular complexity index is 875. The molecule has 7 heteroatoms. The molecule has 0 saturated carbocycles. The van der Waals surface area contributed by atoms with Crippen LogP contribution in [-0.4, -0.2) is 67.4 Å². The lowest BCUT2D eigenvalue weighted by Gasteiger charge is -2.34. The third-order valence-corrected chi connectivity index (χ3v) is 6.74. The van der Waals surface area contributed by atoms with Crippen molar-refractivity contribution in [3.8, 4) is 0 Å². The van der Waals surface area contributed by atoms with Crippen molar-refractivity contribution >= 4 is 34.5 Å². The van der Waals surface area contributed by atoms with Crippen molar-refractivity contribution in [3.05, 3.63) is 46.2 Å². The average molecular weight is 413 g/mol. The van der Waals surface area contributed by atoms with Gasteiger partial charge < -0.3 is 20.0 Å². The molecule has 2 aromatic rings. The summed E-state index contributed by atoms with van der Waals surface area (Å²) in [5.41, 5.74) is 3.07. The van der Waals surface area contributed by atoms with Crippen molar-refractivity contribution in [2.75, 3.05) is 50.0 Å². The summed E-state index contributed by atoms with van der Waals surface area (Å²) < 4.78 is 0. The van der Waals surface area contributed by atoms with Crippen LogP contribution in [-0.2, 0) is 4.79 Å². The Kier molecular flexibility index (Phi) is 5.87. The number of hydrogen-bond donors (Lipinski definition) is 1. The SMILES string of the molecule is Cc1cc(N2CCN(C)CC2)ccc1NC(=O)[C@H]1CCCN1C(=O)c1cccs1. The number of likely N-dealkylation sites (N-methyl/N-ethyl adjacent to an activating group) is 1. The Balaban J connectivity index is 1.43. The fourth-order valence-corrected chi connectivity index (χ4v) is 4.77. The van der Waals surface area contributed by atoms with Gasteiger partial charge in [0.25, 0.3) is 5.91 Å². The predicted octanol–water partition coefficient (Wildman–Crippen LogP) is 3.05. The minimum atomic E-state index is -0.402. The van der Waals surface area contributed by atoms with E-state index in [1.807, 2.05) is 30.5 Å². The zero-order valence-electron chi connectivity index (χ0n) is 17.1. The van der Waals surface area contributed by atoms with E-state index >= 15 is 0 Å². The zero-order valence-corrected chi connectivity index (χ0v) is 17.9. The monoisotopic (exact) mass is 412 g/mol. The molecule has 3 heterocycles. The summed E-state index contributed by atoms with van der Waals surface area (Å²) in [5, 5.41) is 4.96. The molecule has 154 valence electrons. The number of aryl methyl sites for hydroxylation is 1. The highest BCUT2D eigenvalue weighted by Crippen LogP contribution is 2.26. The minimum absolute atomic E-state index is 0.0419. The van der Waals surface area contributed by atoms with E-state index in [2.05, 4.69) is 34.3 Å². The first-order chi connectivity index (χ1) is 14.0. The third kappa shape index (κ3) is 4.31. The molecule has 29 heavy (non-hydrogen) atoms. The van der Waals surface area contributed by atoms with Crippen LogP contribution in [0.1, 0.15) is 28.1 Å². The lowest BCUT2D eigenvalue weighted by Crippen LogP contribution is -2.44. The number of benzene rings is 1. The second kappa shape index (κ2) is 8.55. The molecule has 1 aromatic carbocycles. The second-order valence-corrected chi connectivity index (χ2v) is 8.86. The number of likely N-dealkylation sites (tertiary alicyclic amines) is 1. The number of carbonyl (C=O) groups excluding carboxylic acids is 2. The van der Waals surface area contributed by atoms with Gasteiger partial charge in [-0.3, -0.25) is 9.59 Å². The van der Waals surface area contributed by atoms with Gasteiger partial charge in [0.15, 0.2) is 0 Å². The molecule has 1 N–H and O–H groups in total. The van der Waals surface area contributed by atoms with E-state index in [1.54, 1.807) is 4.90 Å². The first-order valence-electron chi connectivity index (χ1n) is 10.2. The fraction of sp³-hybridized carbons (Fsp3) is 0.455. The van der Waals surface area contributed by atoms with Crippen LogP contribution in [0.3, 0.4) is 0 Å². The highest BCUT2D eigenvalue weighted by atomic mass is 32.1. The molecule has 2 fully saturated rings. The molecule has 0 aliphatic carbocycles. The van der Waals surface area contributed by atoms with Gasteiger partial charge in [0.2, 0.25) is 5.91 Å². The molecule has 0 spiro atoms. The lowest BCUT2D eigenvalue weighted by atomic mass is 10.1. The van der Waals surface area contributed by atoms with Crippen molar-refractivity contribution in [3.63, 3.8) is 0 Å². The van der Waals surface area contributed by atoms with E-state index in [0.29, 0.717) is 17.8 Å². The number of nitrogens with zero attached hydrogens (tertiary/aromatic N) is 3. The Labute approximate surface area is 176 Å². The topological polar surface area (TPSA) is 55.9 Å². The molecular formula is C22H28N4O2S. The first kappa shape index (κ1) is 19.9. The number of thiophene rings is 1. The summed E-state index contributed by atoms with van der Waals surface area (Å²) in [4.78, 5) is 32.8. The highest BCUT2D eigenvalue weighted by Gasteiger charge is 2.35. The number of nitrogens with one attached hydrogen (secondary N) is 1. The maximum Gasteiger partial charge on any atom is 0.264 e. The molecule has 0 unspecified atom stereocenters. The normalized spacial score (nSPS) is 20.1. The second-order valence-electron chi connectivity index (χ2n) is 7.91. The summed E-state index contributed by atoms with van der Waals surface area (Å²) in [7, 11) is 2.15. The van der Waals surface area contributed by atoms with E-state index in [0.717, 1.165) is 43.9 Å². The van der Waals surface area contributed by atoms with E-state index < -0.39 is 6.04 Å². The maximum atomic E-state index is 13.0. The van der Waals surface area contributed by atoms with Crippen molar-refractivity contribution in [2.24, 2.45) is 0 Å². The molecule has 2 aliphatic rings. The molecule has 0 radical (unpaired) electrons. The molecule has 2 amide bonds. The van der Waals surface area contributed by atoms with Crippen LogP contribution < -0.4 is 10.2 Å². The largest absolute Gasteiger partial charge is 0.369 e.